The summed E-state index contributed by atoms with van der Waals surface area (Å²) < 4.78 is 0. The zero-order chi connectivity index (χ0) is 21.3. The molecule has 1 unspecified atom stereocenters. The Morgan fingerprint density at radius 3 is 2.42 bits per heavy atom. The summed E-state index contributed by atoms with van der Waals surface area (Å²) in [6.45, 7) is 8.43. The summed E-state index contributed by atoms with van der Waals surface area (Å²) in [7, 11) is 0. The summed E-state index contributed by atoms with van der Waals surface area (Å²) in [6, 6.07) is 16.6. The third-order valence-corrected chi connectivity index (χ3v) is 5.82. The summed E-state index contributed by atoms with van der Waals surface area (Å²) in [4.78, 5) is 7.15. The lowest BCUT2D eigenvalue weighted by atomic mass is 10.1. The van der Waals surface area contributed by atoms with Gasteiger partial charge in [0.05, 0.1) is 18.7 Å². The molecule has 0 saturated carbocycles. The van der Waals surface area contributed by atoms with Crippen molar-refractivity contribution in [2.75, 3.05) is 19.6 Å². The van der Waals surface area contributed by atoms with Crippen molar-refractivity contribution in [1.29, 1.82) is 0 Å². The van der Waals surface area contributed by atoms with E-state index in [9.17, 15) is 5.11 Å². The summed E-state index contributed by atoms with van der Waals surface area (Å²) in [5.74, 6) is 0.779. The molecule has 1 aliphatic heterocycles. The minimum Gasteiger partial charge on any atom is -0.393 e. The molecule has 2 aromatic carbocycles. The maximum Gasteiger partial charge on any atom is 0.192 e. The van der Waals surface area contributed by atoms with E-state index in [-0.39, 0.29) is 36.1 Å². The lowest BCUT2D eigenvalue weighted by Crippen LogP contribution is -2.38. The van der Waals surface area contributed by atoms with Gasteiger partial charge in [0.15, 0.2) is 5.96 Å². The third-order valence-electron chi connectivity index (χ3n) is 5.48. The minimum absolute atomic E-state index is 0. The lowest BCUT2D eigenvalue weighted by molar-refractivity contribution is 0.0792. The van der Waals surface area contributed by atoms with Gasteiger partial charge in [0.2, 0.25) is 0 Å². The molecule has 1 saturated heterocycles. The van der Waals surface area contributed by atoms with E-state index in [0.29, 0.717) is 6.54 Å². The number of hydrogen-bond donors (Lipinski definition) is 3. The maximum absolute atomic E-state index is 9.65. The zero-order valence-electron chi connectivity index (χ0n) is 18.4. The first-order valence-electron chi connectivity index (χ1n) is 10.8. The van der Waals surface area contributed by atoms with Gasteiger partial charge in [-0.15, -0.1) is 24.0 Å². The van der Waals surface area contributed by atoms with Crippen LogP contribution in [0.3, 0.4) is 0 Å². The number of piperidine rings is 1. The molecule has 1 atom stereocenters. The molecule has 2 aromatic rings. The van der Waals surface area contributed by atoms with Gasteiger partial charge in [-0.1, -0.05) is 54.1 Å². The molecule has 31 heavy (non-hydrogen) atoms. The van der Waals surface area contributed by atoms with E-state index in [0.717, 1.165) is 55.6 Å². The van der Waals surface area contributed by atoms with Crippen LogP contribution < -0.4 is 10.6 Å². The fraction of sp³-hybridized carbons (Fsp3) is 0.458. The van der Waals surface area contributed by atoms with E-state index >= 15 is 0 Å². The molecule has 1 aliphatic rings. The largest absolute Gasteiger partial charge is 0.393 e. The average molecular weight is 557 g/mol. The van der Waals surface area contributed by atoms with Crippen LogP contribution >= 0.6 is 35.6 Å². The summed E-state index contributed by atoms with van der Waals surface area (Å²) in [5, 5.41) is 17.2. The second kappa shape index (κ2) is 13.3. The number of guanidine groups is 1. The quantitative estimate of drug-likeness (QED) is 0.262. The molecular weight excluding hydrogens is 523 g/mol. The van der Waals surface area contributed by atoms with Gasteiger partial charge in [0.25, 0.3) is 0 Å². The van der Waals surface area contributed by atoms with Crippen LogP contribution in [0.1, 0.15) is 49.4 Å². The fourth-order valence-corrected chi connectivity index (χ4v) is 3.98. The van der Waals surface area contributed by atoms with Crippen LogP contribution in [0.25, 0.3) is 0 Å². The molecule has 0 amide bonds. The van der Waals surface area contributed by atoms with Crippen LogP contribution in [0.4, 0.5) is 0 Å². The maximum atomic E-state index is 9.65. The number of nitrogens with one attached hydrogen (secondary N) is 2. The number of aliphatic imine (C=N–C) groups is 1. The second-order valence-electron chi connectivity index (χ2n) is 7.91. The Kier molecular flexibility index (Phi) is 11.1. The van der Waals surface area contributed by atoms with Crippen molar-refractivity contribution in [3.63, 3.8) is 0 Å². The molecule has 0 aliphatic carbocycles. The topological polar surface area (TPSA) is 59.9 Å². The van der Waals surface area contributed by atoms with Crippen molar-refractivity contribution >= 4 is 41.5 Å². The van der Waals surface area contributed by atoms with Gasteiger partial charge >= 0.3 is 0 Å². The Labute approximate surface area is 208 Å². The number of aliphatic hydroxyl groups excluding tert-OH is 1. The molecule has 3 N–H and O–H groups in total. The highest BCUT2D eigenvalue weighted by atomic mass is 127. The van der Waals surface area contributed by atoms with Gasteiger partial charge < -0.3 is 15.7 Å². The van der Waals surface area contributed by atoms with Crippen LogP contribution in [0.5, 0.6) is 0 Å². The number of halogens is 2. The zero-order valence-corrected chi connectivity index (χ0v) is 21.4. The van der Waals surface area contributed by atoms with Crippen molar-refractivity contribution in [1.82, 2.24) is 15.5 Å². The van der Waals surface area contributed by atoms with E-state index < -0.39 is 0 Å². The highest BCUT2D eigenvalue weighted by Crippen LogP contribution is 2.22. The smallest absolute Gasteiger partial charge is 0.192 e. The van der Waals surface area contributed by atoms with Crippen molar-refractivity contribution in [3.05, 3.63) is 70.2 Å². The minimum atomic E-state index is -0.123. The second-order valence-corrected chi connectivity index (χ2v) is 8.31. The lowest BCUT2D eigenvalue weighted by Gasteiger charge is -2.29. The van der Waals surface area contributed by atoms with E-state index in [1.54, 1.807) is 0 Å². The van der Waals surface area contributed by atoms with Gasteiger partial charge in [0, 0.05) is 31.2 Å². The SMILES string of the molecule is CCNC(=NCc1ccc(CN2CCC(O)CC2)cc1)NC(C)c1ccccc1Cl.I. The first kappa shape index (κ1) is 25.9. The van der Waals surface area contributed by atoms with Crippen molar-refractivity contribution in [3.8, 4) is 0 Å². The van der Waals surface area contributed by atoms with Crippen LogP contribution in [-0.4, -0.2) is 41.7 Å². The van der Waals surface area contributed by atoms with Crippen molar-refractivity contribution in [2.24, 2.45) is 4.99 Å². The van der Waals surface area contributed by atoms with Crippen LogP contribution in [0.15, 0.2) is 53.5 Å². The Bertz CT molecular complexity index is 823. The number of benzene rings is 2. The number of rotatable bonds is 7. The van der Waals surface area contributed by atoms with E-state index in [1.165, 1.54) is 11.1 Å². The van der Waals surface area contributed by atoms with Crippen LogP contribution in [-0.2, 0) is 13.1 Å². The van der Waals surface area contributed by atoms with E-state index in [1.807, 2.05) is 24.3 Å². The van der Waals surface area contributed by atoms with Gasteiger partial charge in [0.1, 0.15) is 0 Å². The summed E-state index contributed by atoms with van der Waals surface area (Å²) >= 11 is 6.33. The predicted octanol–water partition coefficient (Wildman–Crippen LogP) is 4.73. The van der Waals surface area contributed by atoms with Crippen LogP contribution in [0.2, 0.25) is 5.02 Å². The molecule has 3 rings (SSSR count). The molecule has 5 nitrogen and oxygen atoms in total. The van der Waals surface area contributed by atoms with Crippen molar-refractivity contribution < 1.29 is 5.11 Å². The standard InChI is InChI=1S/C24H33ClN4O.HI/c1-3-26-24(28-18(2)22-6-4-5-7-23(22)25)27-16-19-8-10-20(11-9-19)17-29-14-12-21(30)13-15-29;/h4-11,18,21,30H,3,12-17H2,1-2H3,(H2,26,27,28);1H. The van der Waals surface area contributed by atoms with Gasteiger partial charge in [-0.2, -0.15) is 0 Å². The summed E-state index contributed by atoms with van der Waals surface area (Å²) in [5.41, 5.74) is 3.53. The predicted molar refractivity (Wildman–Crippen MR) is 140 cm³/mol. The number of aliphatic hydroxyl groups is 1. The van der Waals surface area contributed by atoms with Crippen molar-refractivity contribution in [2.45, 2.75) is 51.9 Å². The molecule has 1 heterocycles. The molecule has 0 aromatic heterocycles. The fourth-order valence-electron chi connectivity index (χ4n) is 3.69. The average Bonchev–Trinajstić information content (AvgIpc) is 2.75. The highest BCUT2D eigenvalue weighted by Gasteiger charge is 2.16. The Balaban J connectivity index is 0.00000341. The molecule has 1 fully saturated rings. The molecule has 0 radical (unpaired) electrons. The Morgan fingerprint density at radius 1 is 1.13 bits per heavy atom. The van der Waals surface area contributed by atoms with Gasteiger partial charge in [-0.05, 0) is 49.4 Å². The van der Waals surface area contributed by atoms with Crippen LogP contribution in [0, 0.1) is 0 Å². The first-order valence-corrected chi connectivity index (χ1v) is 11.2. The Morgan fingerprint density at radius 2 is 1.77 bits per heavy atom. The van der Waals surface area contributed by atoms with Gasteiger partial charge in [-0.3, -0.25) is 4.90 Å². The molecule has 7 heteroatoms. The molecule has 170 valence electrons. The van der Waals surface area contributed by atoms with Gasteiger partial charge in [-0.25, -0.2) is 4.99 Å². The monoisotopic (exact) mass is 556 g/mol. The Hall–Kier alpha value is -1.35. The normalized spacial score (nSPS) is 16.5. The highest BCUT2D eigenvalue weighted by molar-refractivity contribution is 14.0. The summed E-state index contributed by atoms with van der Waals surface area (Å²) in [6.07, 6.45) is 1.63. The number of nitrogens with zero attached hydrogens (tertiary/aromatic N) is 2. The number of likely N-dealkylation sites (tertiary alicyclic amines) is 1. The molecule has 0 spiro atoms. The third kappa shape index (κ3) is 8.25. The van der Waals surface area contributed by atoms with E-state index in [2.05, 4.69) is 53.6 Å². The number of hydrogen-bond acceptors (Lipinski definition) is 3. The molecule has 0 bridgehead atoms. The first-order chi connectivity index (χ1) is 14.5. The van der Waals surface area contributed by atoms with E-state index in [4.69, 9.17) is 16.6 Å². The molecular formula is C24H34ClIN4O.